The third-order valence-corrected chi connectivity index (χ3v) is 8.99. The van der Waals surface area contributed by atoms with Crippen molar-refractivity contribution in [1.82, 2.24) is 14.9 Å². The van der Waals surface area contributed by atoms with Crippen LogP contribution < -0.4 is 10.6 Å². The van der Waals surface area contributed by atoms with E-state index in [1.54, 1.807) is 0 Å². The van der Waals surface area contributed by atoms with Gasteiger partial charge < -0.3 is 15.5 Å². The largest absolute Gasteiger partial charge is 0.384 e. The molecule has 6 heteroatoms. The van der Waals surface area contributed by atoms with E-state index in [1.807, 2.05) is 83.8 Å². The summed E-state index contributed by atoms with van der Waals surface area (Å²) in [4.78, 5) is 25.8. The van der Waals surface area contributed by atoms with Gasteiger partial charge in [-0.15, -0.1) is 0 Å². The van der Waals surface area contributed by atoms with Crippen LogP contribution in [0.15, 0.2) is 152 Å². The number of rotatable bonds is 12. The van der Waals surface area contributed by atoms with Gasteiger partial charge in [0.15, 0.2) is 0 Å². The summed E-state index contributed by atoms with van der Waals surface area (Å²) >= 11 is 0. The van der Waals surface area contributed by atoms with Gasteiger partial charge in [0.05, 0.1) is 33.4 Å². The predicted molar refractivity (Wildman–Crippen MR) is 209 cm³/mol. The third-order valence-electron chi connectivity index (χ3n) is 8.99. The van der Waals surface area contributed by atoms with Gasteiger partial charge in [0.25, 0.3) is 5.91 Å². The Morgan fingerprint density at radius 2 is 0.800 bits per heavy atom. The van der Waals surface area contributed by atoms with Crippen molar-refractivity contribution in [3.05, 3.63) is 157 Å². The smallest absolute Gasteiger partial charge is 0.253 e. The molecule has 2 aromatic heterocycles. The minimum atomic E-state index is 0.0442. The van der Waals surface area contributed by atoms with Crippen molar-refractivity contribution in [2.24, 2.45) is 0 Å². The van der Waals surface area contributed by atoms with E-state index >= 15 is 0 Å². The molecule has 0 bridgehead atoms. The van der Waals surface area contributed by atoms with Gasteiger partial charge in [0.2, 0.25) is 0 Å². The molecule has 2 heterocycles. The van der Waals surface area contributed by atoms with Crippen LogP contribution in [0.25, 0.3) is 43.6 Å². The Morgan fingerprint density at radius 3 is 1.26 bits per heavy atom. The normalized spacial score (nSPS) is 11.0. The second-order valence-electron chi connectivity index (χ2n) is 12.4. The summed E-state index contributed by atoms with van der Waals surface area (Å²) in [6.07, 6.45) is 2.60. The third kappa shape index (κ3) is 7.50. The van der Waals surface area contributed by atoms with E-state index < -0.39 is 0 Å². The number of nitrogens with one attached hydrogen (secondary N) is 2. The van der Waals surface area contributed by atoms with Crippen LogP contribution in [0.1, 0.15) is 29.6 Å². The zero-order valence-electron chi connectivity index (χ0n) is 28.1. The molecule has 0 fully saturated rings. The number of aromatic nitrogens is 2. The molecule has 0 saturated heterocycles. The summed E-state index contributed by atoms with van der Waals surface area (Å²) in [5.41, 5.74) is 6.79. The summed E-state index contributed by atoms with van der Waals surface area (Å²) < 4.78 is 0. The molecule has 0 spiro atoms. The molecule has 50 heavy (non-hydrogen) atoms. The number of carbonyl (C=O) groups is 1. The number of fused-ring (bicyclic) bond motifs is 4. The first kappa shape index (κ1) is 32.5. The summed E-state index contributed by atoms with van der Waals surface area (Å²) in [6, 6.07) is 50.6. The van der Waals surface area contributed by atoms with Crippen LogP contribution in [-0.2, 0) is 0 Å². The number of hydrogen-bond donors (Lipinski definition) is 2. The zero-order chi connectivity index (χ0) is 34.0. The molecule has 6 nitrogen and oxygen atoms in total. The number of carbonyl (C=O) groups excluding carboxylic acids is 1. The molecule has 0 saturated carbocycles. The maximum absolute atomic E-state index is 14.0. The van der Waals surface area contributed by atoms with Crippen LogP contribution in [-0.4, -0.2) is 47.0 Å². The van der Waals surface area contributed by atoms with Crippen LogP contribution in [0.5, 0.6) is 0 Å². The fraction of sp³-hybridized carbons (Fsp3) is 0.159. The van der Waals surface area contributed by atoms with Crippen molar-refractivity contribution in [1.29, 1.82) is 0 Å². The van der Waals surface area contributed by atoms with Gasteiger partial charge >= 0.3 is 0 Å². The lowest BCUT2D eigenvalue weighted by molar-refractivity contribution is 0.0752. The van der Waals surface area contributed by atoms with Crippen LogP contribution >= 0.6 is 0 Å². The number of nitrogens with zero attached hydrogens (tertiary/aromatic N) is 3. The molecular weight excluding hydrogens is 615 g/mol. The lowest BCUT2D eigenvalue weighted by Crippen LogP contribution is -2.34. The van der Waals surface area contributed by atoms with Crippen molar-refractivity contribution in [3.8, 4) is 0 Å². The predicted octanol–water partition coefficient (Wildman–Crippen LogP) is 10.1. The van der Waals surface area contributed by atoms with Gasteiger partial charge in [-0.3, -0.25) is 4.79 Å². The summed E-state index contributed by atoms with van der Waals surface area (Å²) in [6.45, 7) is 2.84. The van der Waals surface area contributed by atoms with Gasteiger partial charge in [0, 0.05) is 53.3 Å². The van der Waals surface area contributed by atoms with Crippen molar-refractivity contribution >= 4 is 60.9 Å². The Balaban J connectivity index is 1.05. The summed E-state index contributed by atoms with van der Waals surface area (Å²) in [5.74, 6) is 0.0442. The molecule has 0 aliphatic carbocycles. The Bertz CT molecular complexity index is 2190. The first-order valence-electron chi connectivity index (χ1n) is 17.5. The molecular formula is C44H41N5O. The first-order valence-corrected chi connectivity index (χ1v) is 17.5. The Labute approximate surface area is 293 Å². The monoisotopic (exact) mass is 655 g/mol. The van der Waals surface area contributed by atoms with E-state index in [9.17, 15) is 4.79 Å². The number of anilines is 2. The minimum absolute atomic E-state index is 0.0442. The summed E-state index contributed by atoms with van der Waals surface area (Å²) in [5, 5.41) is 11.9. The molecule has 5 aromatic carbocycles. The molecule has 0 unspecified atom stereocenters. The van der Waals surface area contributed by atoms with E-state index in [2.05, 4.69) is 83.4 Å². The fourth-order valence-electron chi connectivity index (χ4n) is 6.52. The molecule has 2 N–H and O–H groups in total. The topological polar surface area (TPSA) is 70.2 Å². The Kier molecular flexibility index (Phi) is 10.4. The van der Waals surface area contributed by atoms with Crippen molar-refractivity contribution in [2.75, 3.05) is 36.8 Å². The van der Waals surface area contributed by atoms with Crippen molar-refractivity contribution in [3.63, 3.8) is 0 Å². The SMILES string of the molecule is O=C(c1ccccccccc1)N(CCCCNc1c2ccccc2nc2ccccc12)CCCNc1c2ccccc2nc2ccccc12. The highest BCUT2D eigenvalue weighted by Crippen LogP contribution is 2.32. The zero-order valence-corrected chi connectivity index (χ0v) is 28.1. The van der Waals surface area contributed by atoms with Gasteiger partial charge in [-0.05, 0) is 55.7 Å². The standard InChI is InChI=1S/C44H41N5O/c50-44(33-19-6-4-2-1-3-5-7-20-33)49(32-18-30-46-43-36-23-10-14-27-40(36)48-41-28-15-11-24-37(41)43)31-17-16-29-45-42-34-21-8-12-25-38(34)47-39-26-13-9-22-35(39)42/h1-15,19-28H,16-18,29-32H2,(H,45,47)(H,46,48). The lowest BCUT2D eigenvalue weighted by atomic mass is 10.1. The highest BCUT2D eigenvalue weighted by molar-refractivity contribution is 6.08. The van der Waals surface area contributed by atoms with E-state index in [4.69, 9.17) is 9.97 Å². The van der Waals surface area contributed by atoms with Gasteiger partial charge in [-0.1, -0.05) is 115 Å². The highest BCUT2D eigenvalue weighted by atomic mass is 16.2. The van der Waals surface area contributed by atoms with Crippen LogP contribution in [0.4, 0.5) is 11.4 Å². The molecule has 7 rings (SSSR count). The maximum atomic E-state index is 14.0. The molecule has 248 valence electrons. The quantitative estimate of drug-likeness (QED) is 0.101. The van der Waals surface area contributed by atoms with E-state index in [-0.39, 0.29) is 5.91 Å². The number of para-hydroxylation sites is 4. The van der Waals surface area contributed by atoms with Crippen molar-refractivity contribution in [2.45, 2.75) is 19.3 Å². The van der Waals surface area contributed by atoms with Crippen molar-refractivity contribution < 1.29 is 4.79 Å². The van der Waals surface area contributed by atoms with Crippen LogP contribution in [0.2, 0.25) is 0 Å². The molecule has 0 radical (unpaired) electrons. The molecule has 0 aliphatic heterocycles. The molecule has 0 aliphatic rings. The van der Waals surface area contributed by atoms with E-state index in [0.29, 0.717) is 18.7 Å². The number of pyridine rings is 2. The second kappa shape index (κ2) is 15.9. The van der Waals surface area contributed by atoms with Gasteiger partial charge in [0.1, 0.15) is 0 Å². The van der Waals surface area contributed by atoms with E-state index in [0.717, 1.165) is 87.3 Å². The fourth-order valence-corrected chi connectivity index (χ4v) is 6.52. The average molecular weight is 656 g/mol. The number of unbranched alkanes of at least 4 members (excludes halogenated alkanes) is 1. The molecule has 1 amide bonds. The molecule has 0 atom stereocenters. The average Bonchev–Trinajstić information content (AvgIpc) is 3.16. The second-order valence-corrected chi connectivity index (χ2v) is 12.4. The number of benzene rings is 4. The highest BCUT2D eigenvalue weighted by Gasteiger charge is 2.16. The minimum Gasteiger partial charge on any atom is -0.384 e. The van der Waals surface area contributed by atoms with Gasteiger partial charge in [-0.2, -0.15) is 0 Å². The lowest BCUT2D eigenvalue weighted by Gasteiger charge is -2.23. The number of amides is 1. The van der Waals surface area contributed by atoms with Crippen LogP contribution in [0, 0.1) is 0 Å². The number of hydrogen-bond acceptors (Lipinski definition) is 5. The van der Waals surface area contributed by atoms with Gasteiger partial charge in [-0.25, -0.2) is 9.97 Å². The Morgan fingerprint density at radius 1 is 0.440 bits per heavy atom. The Hall–Kier alpha value is -6.01. The van der Waals surface area contributed by atoms with E-state index in [1.165, 1.54) is 0 Å². The summed E-state index contributed by atoms with van der Waals surface area (Å²) in [7, 11) is 0. The maximum Gasteiger partial charge on any atom is 0.253 e. The first-order chi connectivity index (χ1) is 24.8. The molecule has 7 aromatic rings. The van der Waals surface area contributed by atoms with Crippen LogP contribution in [0.3, 0.4) is 0 Å².